The third kappa shape index (κ3) is 3.97. The van der Waals surface area contributed by atoms with Crippen LogP contribution in [-0.2, 0) is 16.0 Å². The van der Waals surface area contributed by atoms with Crippen molar-refractivity contribution >= 4 is 29.7 Å². The quantitative estimate of drug-likeness (QED) is 0.885. The highest BCUT2D eigenvalue weighted by molar-refractivity contribution is 7.07. The number of carbonyl (C=O) groups excluding carboxylic acids is 1. The van der Waals surface area contributed by atoms with Crippen LogP contribution in [0.25, 0.3) is 0 Å². The van der Waals surface area contributed by atoms with Crippen molar-refractivity contribution < 1.29 is 9.53 Å². The Labute approximate surface area is 136 Å². The maximum absolute atomic E-state index is 12.2. The van der Waals surface area contributed by atoms with E-state index in [2.05, 4.69) is 10.6 Å². The largest absolute Gasteiger partial charge is 0.379 e. The molecule has 4 atom stereocenters. The molecule has 1 aliphatic heterocycles. The number of rotatable bonds is 4. The van der Waals surface area contributed by atoms with Crippen LogP contribution in [0, 0.1) is 11.8 Å². The normalized spacial score (nSPS) is 31.3. The number of fused-ring (bicyclic) bond motifs is 1. The van der Waals surface area contributed by atoms with Crippen molar-refractivity contribution in [2.75, 3.05) is 20.2 Å². The zero-order valence-electron chi connectivity index (χ0n) is 12.2. The smallest absolute Gasteiger partial charge is 0.224 e. The van der Waals surface area contributed by atoms with Crippen LogP contribution in [0.2, 0.25) is 0 Å². The van der Waals surface area contributed by atoms with Crippen molar-refractivity contribution in [3.63, 3.8) is 0 Å². The summed E-state index contributed by atoms with van der Waals surface area (Å²) >= 11 is 1.63. The van der Waals surface area contributed by atoms with E-state index in [9.17, 15) is 4.79 Å². The molecule has 0 unspecified atom stereocenters. The summed E-state index contributed by atoms with van der Waals surface area (Å²) < 4.78 is 5.61. The van der Waals surface area contributed by atoms with Gasteiger partial charge in [0.05, 0.1) is 18.6 Å². The minimum absolute atomic E-state index is 0. The van der Waals surface area contributed by atoms with Crippen LogP contribution in [0.3, 0.4) is 0 Å². The van der Waals surface area contributed by atoms with E-state index in [1.807, 2.05) is 16.8 Å². The number of amides is 1. The summed E-state index contributed by atoms with van der Waals surface area (Å²) in [6.45, 7) is 2.18. The van der Waals surface area contributed by atoms with Gasteiger partial charge in [0.1, 0.15) is 0 Å². The van der Waals surface area contributed by atoms with Gasteiger partial charge in [-0.25, -0.2) is 0 Å². The number of carbonyl (C=O) groups is 1. The molecule has 1 saturated heterocycles. The first kappa shape index (κ1) is 16.7. The molecule has 1 aromatic rings. The van der Waals surface area contributed by atoms with Crippen LogP contribution in [0.5, 0.6) is 0 Å². The number of ether oxygens (including phenoxy) is 1. The van der Waals surface area contributed by atoms with E-state index < -0.39 is 0 Å². The van der Waals surface area contributed by atoms with E-state index in [1.54, 1.807) is 18.4 Å². The summed E-state index contributed by atoms with van der Waals surface area (Å²) in [6, 6.07) is 2.17. The van der Waals surface area contributed by atoms with E-state index in [0.717, 1.165) is 31.5 Å². The first-order valence-electron chi connectivity index (χ1n) is 7.30. The molecule has 1 amide bonds. The Bertz CT molecular complexity index is 455. The fourth-order valence-corrected chi connectivity index (χ4v) is 4.20. The molecule has 1 aliphatic carbocycles. The number of thiophene rings is 1. The molecule has 4 nitrogen and oxygen atoms in total. The maximum atomic E-state index is 12.2. The second-order valence-corrected chi connectivity index (χ2v) is 6.69. The highest BCUT2D eigenvalue weighted by atomic mass is 35.5. The fraction of sp³-hybridized carbons (Fsp3) is 0.667. The van der Waals surface area contributed by atoms with Gasteiger partial charge in [-0.15, -0.1) is 12.4 Å². The molecule has 21 heavy (non-hydrogen) atoms. The Hall–Kier alpha value is -0.620. The molecule has 2 N–H and O–H groups in total. The van der Waals surface area contributed by atoms with E-state index in [-0.39, 0.29) is 30.5 Å². The number of hydrogen-bond acceptors (Lipinski definition) is 4. The third-order valence-electron chi connectivity index (χ3n) is 4.61. The van der Waals surface area contributed by atoms with Crippen molar-refractivity contribution in [2.45, 2.75) is 31.4 Å². The number of halogens is 1. The molecular formula is C15H23ClN2O2S. The lowest BCUT2D eigenvalue weighted by atomic mass is 9.77. The van der Waals surface area contributed by atoms with Gasteiger partial charge >= 0.3 is 0 Å². The van der Waals surface area contributed by atoms with Gasteiger partial charge in [-0.3, -0.25) is 4.79 Å². The van der Waals surface area contributed by atoms with Gasteiger partial charge in [0.15, 0.2) is 0 Å². The summed E-state index contributed by atoms with van der Waals surface area (Å²) in [7, 11) is 1.76. The summed E-state index contributed by atoms with van der Waals surface area (Å²) in [6.07, 6.45) is 2.72. The molecule has 2 heterocycles. The first-order valence-corrected chi connectivity index (χ1v) is 8.24. The lowest BCUT2D eigenvalue weighted by Crippen LogP contribution is -2.50. The predicted molar refractivity (Wildman–Crippen MR) is 87.1 cm³/mol. The van der Waals surface area contributed by atoms with E-state index in [4.69, 9.17) is 4.74 Å². The lowest BCUT2D eigenvalue weighted by molar-refractivity contribution is -0.123. The Morgan fingerprint density at radius 1 is 1.43 bits per heavy atom. The molecule has 2 fully saturated rings. The number of hydrogen-bond donors (Lipinski definition) is 2. The van der Waals surface area contributed by atoms with Crippen LogP contribution in [0.1, 0.15) is 18.4 Å². The summed E-state index contributed by atoms with van der Waals surface area (Å²) in [5.74, 6) is 1.51. The average Bonchev–Trinajstić information content (AvgIpc) is 3.08. The van der Waals surface area contributed by atoms with Crippen LogP contribution in [0.15, 0.2) is 16.8 Å². The first-order chi connectivity index (χ1) is 9.76. The van der Waals surface area contributed by atoms with Crippen LogP contribution >= 0.6 is 23.7 Å². The lowest BCUT2D eigenvalue weighted by Gasteiger charge is -2.37. The van der Waals surface area contributed by atoms with E-state index in [0.29, 0.717) is 18.3 Å². The molecule has 6 heteroatoms. The molecule has 0 aromatic carbocycles. The van der Waals surface area contributed by atoms with Crippen molar-refractivity contribution in [3.05, 3.63) is 22.4 Å². The summed E-state index contributed by atoms with van der Waals surface area (Å²) in [4.78, 5) is 12.2. The third-order valence-corrected chi connectivity index (χ3v) is 5.35. The molecular weight excluding hydrogens is 308 g/mol. The molecule has 2 aliphatic rings. The van der Waals surface area contributed by atoms with Crippen LogP contribution in [-0.4, -0.2) is 38.3 Å². The molecule has 0 bridgehead atoms. The second-order valence-electron chi connectivity index (χ2n) is 5.91. The van der Waals surface area contributed by atoms with Gasteiger partial charge in [0.2, 0.25) is 5.91 Å². The van der Waals surface area contributed by atoms with Gasteiger partial charge in [-0.05, 0) is 60.2 Å². The standard InChI is InChI=1S/C15H22N2O2S.ClH/c1-19-14-6-12-8-16-7-11(12)5-13(14)17-15(18)4-10-2-3-20-9-10;/h2-3,9,11-14,16H,4-8H2,1H3,(H,17,18);1H/t11-,12+,13-,14-;/m0./s1. The Kier molecular flexibility index (Phi) is 6.05. The van der Waals surface area contributed by atoms with Gasteiger partial charge in [0.25, 0.3) is 0 Å². The van der Waals surface area contributed by atoms with Crippen molar-refractivity contribution in [1.29, 1.82) is 0 Å². The molecule has 1 saturated carbocycles. The van der Waals surface area contributed by atoms with E-state index in [1.165, 1.54) is 0 Å². The van der Waals surface area contributed by atoms with Crippen molar-refractivity contribution in [2.24, 2.45) is 11.8 Å². The predicted octanol–water partition coefficient (Wildman–Crippen LogP) is 1.84. The summed E-state index contributed by atoms with van der Waals surface area (Å²) in [5, 5.41) is 10.7. The fourth-order valence-electron chi connectivity index (χ4n) is 3.53. The highest BCUT2D eigenvalue weighted by Gasteiger charge is 2.40. The maximum Gasteiger partial charge on any atom is 0.224 e. The molecule has 0 spiro atoms. The Morgan fingerprint density at radius 2 is 2.19 bits per heavy atom. The van der Waals surface area contributed by atoms with Gasteiger partial charge < -0.3 is 15.4 Å². The van der Waals surface area contributed by atoms with Crippen LogP contribution in [0.4, 0.5) is 0 Å². The van der Waals surface area contributed by atoms with Crippen LogP contribution < -0.4 is 10.6 Å². The molecule has 118 valence electrons. The highest BCUT2D eigenvalue weighted by Crippen LogP contribution is 2.34. The molecule has 3 rings (SSSR count). The minimum Gasteiger partial charge on any atom is -0.379 e. The number of methoxy groups -OCH3 is 1. The average molecular weight is 331 g/mol. The monoisotopic (exact) mass is 330 g/mol. The zero-order chi connectivity index (χ0) is 13.9. The second kappa shape index (κ2) is 7.58. The number of nitrogens with one attached hydrogen (secondary N) is 2. The molecule has 1 aromatic heterocycles. The molecule has 0 radical (unpaired) electrons. The van der Waals surface area contributed by atoms with Gasteiger partial charge in [0, 0.05) is 7.11 Å². The zero-order valence-corrected chi connectivity index (χ0v) is 13.8. The summed E-state index contributed by atoms with van der Waals surface area (Å²) in [5.41, 5.74) is 1.10. The minimum atomic E-state index is 0. The Balaban J connectivity index is 0.00000161. The van der Waals surface area contributed by atoms with Crippen molar-refractivity contribution in [1.82, 2.24) is 10.6 Å². The topological polar surface area (TPSA) is 50.4 Å². The van der Waals surface area contributed by atoms with Gasteiger partial charge in [-0.2, -0.15) is 11.3 Å². The SMILES string of the molecule is CO[C@H]1C[C@@H]2CNC[C@@H]2C[C@@H]1NC(=O)Cc1ccsc1.Cl. The van der Waals surface area contributed by atoms with Crippen molar-refractivity contribution in [3.8, 4) is 0 Å². The van der Waals surface area contributed by atoms with E-state index >= 15 is 0 Å². The van der Waals surface area contributed by atoms with Gasteiger partial charge in [-0.1, -0.05) is 0 Å². The Morgan fingerprint density at radius 3 is 2.86 bits per heavy atom.